The molecule has 2 aromatic carbocycles. The van der Waals surface area contributed by atoms with Crippen molar-refractivity contribution >= 4 is 34.1 Å². The van der Waals surface area contributed by atoms with Crippen LogP contribution in [-0.2, 0) is 4.79 Å². The van der Waals surface area contributed by atoms with Crippen molar-refractivity contribution in [2.24, 2.45) is 10.4 Å². The zero-order valence-corrected chi connectivity index (χ0v) is 15.9. The Bertz CT molecular complexity index is 1050. The number of halogens is 1. The van der Waals surface area contributed by atoms with E-state index in [4.69, 9.17) is 4.99 Å². The SMILES string of the molecule is CC1(C)C(=O)C(C(=Nc2ccc(F)cc2)c2cccs2)=C1c1ccccc1. The fourth-order valence-electron chi connectivity index (χ4n) is 3.42. The maximum atomic E-state index is 13.3. The summed E-state index contributed by atoms with van der Waals surface area (Å²) in [5.41, 5.74) is 3.40. The number of hydrogen-bond donors (Lipinski definition) is 0. The molecule has 27 heavy (non-hydrogen) atoms. The smallest absolute Gasteiger partial charge is 0.175 e. The van der Waals surface area contributed by atoms with E-state index in [1.54, 1.807) is 12.1 Å². The summed E-state index contributed by atoms with van der Waals surface area (Å²) in [7, 11) is 0. The normalized spacial score (nSPS) is 16.4. The lowest BCUT2D eigenvalue weighted by Gasteiger charge is -2.39. The number of Topliss-reactive ketones (excluding diaryl/α,β-unsaturated/α-hetero) is 1. The lowest BCUT2D eigenvalue weighted by Crippen LogP contribution is -2.41. The molecule has 134 valence electrons. The predicted molar refractivity (Wildman–Crippen MR) is 109 cm³/mol. The molecule has 0 amide bonds. The van der Waals surface area contributed by atoms with Crippen LogP contribution in [0, 0.1) is 11.2 Å². The highest BCUT2D eigenvalue weighted by Gasteiger charge is 2.48. The maximum Gasteiger partial charge on any atom is 0.175 e. The molecule has 0 bridgehead atoms. The molecule has 0 fully saturated rings. The van der Waals surface area contributed by atoms with Crippen molar-refractivity contribution in [3.63, 3.8) is 0 Å². The summed E-state index contributed by atoms with van der Waals surface area (Å²) < 4.78 is 13.3. The van der Waals surface area contributed by atoms with Crippen molar-refractivity contribution in [1.29, 1.82) is 0 Å². The van der Waals surface area contributed by atoms with Crippen molar-refractivity contribution < 1.29 is 9.18 Å². The van der Waals surface area contributed by atoms with Crippen LogP contribution in [0.5, 0.6) is 0 Å². The Morgan fingerprint density at radius 1 is 0.963 bits per heavy atom. The van der Waals surface area contributed by atoms with Crippen molar-refractivity contribution in [3.8, 4) is 0 Å². The highest BCUT2D eigenvalue weighted by Crippen LogP contribution is 2.50. The molecule has 3 aromatic rings. The van der Waals surface area contributed by atoms with Crippen molar-refractivity contribution in [2.75, 3.05) is 0 Å². The Balaban J connectivity index is 1.94. The van der Waals surface area contributed by atoms with Gasteiger partial charge in [-0.1, -0.05) is 36.4 Å². The molecule has 0 saturated heterocycles. The first-order chi connectivity index (χ1) is 13.0. The van der Waals surface area contributed by atoms with Gasteiger partial charge in [-0.2, -0.15) is 0 Å². The summed E-state index contributed by atoms with van der Waals surface area (Å²) in [5.74, 6) is -0.229. The zero-order valence-electron chi connectivity index (χ0n) is 15.1. The molecule has 0 spiro atoms. The number of aliphatic imine (C=N–C) groups is 1. The number of thiophene rings is 1. The largest absolute Gasteiger partial charge is 0.293 e. The molecule has 1 aliphatic rings. The number of carbonyl (C=O) groups is 1. The van der Waals surface area contributed by atoms with Crippen LogP contribution in [0.1, 0.15) is 24.3 Å². The van der Waals surface area contributed by atoms with Crippen LogP contribution >= 0.6 is 11.3 Å². The molecule has 0 unspecified atom stereocenters. The highest BCUT2D eigenvalue weighted by molar-refractivity contribution is 7.12. The first-order valence-corrected chi connectivity index (χ1v) is 9.60. The minimum atomic E-state index is -0.558. The zero-order chi connectivity index (χ0) is 19.0. The summed E-state index contributed by atoms with van der Waals surface area (Å²) in [6, 6.07) is 19.9. The molecule has 1 heterocycles. The number of benzene rings is 2. The van der Waals surface area contributed by atoms with Crippen LogP contribution in [-0.4, -0.2) is 11.5 Å². The van der Waals surface area contributed by atoms with Gasteiger partial charge in [-0.25, -0.2) is 9.38 Å². The third kappa shape index (κ3) is 3.06. The van der Waals surface area contributed by atoms with Gasteiger partial charge in [-0.3, -0.25) is 4.79 Å². The van der Waals surface area contributed by atoms with E-state index in [0.717, 1.165) is 16.0 Å². The molecule has 0 radical (unpaired) electrons. The van der Waals surface area contributed by atoms with Crippen molar-refractivity contribution in [3.05, 3.63) is 93.9 Å². The Morgan fingerprint density at radius 2 is 1.67 bits per heavy atom. The number of ketones is 1. The second kappa shape index (κ2) is 6.71. The van der Waals surface area contributed by atoms with Gasteiger partial charge in [-0.15, -0.1) is 11.3 Å². The van der Waals surface area contributed by atoms with E-state index in [0.29, 0.717) is 17.0 Å². The Kier molecular flexibility index (Phi) is 4.36. The van der Waals surface area contributed by atoms with Gasteiger partial charge in [0.15, 0.2) is 5.78 Å². The van der Waals surface area contributed by atoms with Gasteiger partial charge in [0, 0.05) is 0 Å². The van der Waals surface area contributed by atoms with Crippen LogP contribution < -0.4 is 0 Å². The third-order valence-corrected chi connectivity index (χ3v) is 5.67. The van der Waals surface area contributed by atoms with Gasteiger partial charge >= 0.3 is 0 Å². The van der Waals surface area contributed by atoms with E-state index in [-0.39, 0.29) is 11.6 Å². The van der Waals surface area contributed by atoms with Gasteiger partial charge in [0.1, 0.15) is 5.82 Å². The first kappa shape index (κ1) is 17.6. The fraction of sp³-hybridized carbons (Fsp3) is 0.130. The number of rotatable bonds is 4. The fourth-order valence-corrected chi connectivity index (χ4v) is 4.14. The van der Waals surface area contributed by atoms with Crippen LogP contribution in [0.4, 0.5) is 10.1 Å². The minimum absolute atomic E-state index is 0.0793. The van der Waals surface area contributed by atoms with Gasteiger partial charge in [0.05, 0.1) is 27.3 Å². The average molecular weight is 375 g/mol. The van der Waals surface area contributed by atoms with Crippen molar-refractivity contribution in [2.45, 2.75) is 13.8 Å². The molecule has 1 aliphatic carbocycles. The van der Waals surface area contributed by atoms with Crippen molar-refractivity contribution in [1.82, 2.24) is 0 Å². The summed E-state index contributed by atoms with van der Waals surface area (Å²) in [5, 5.41) is 1.96. The summed E-state index contributed by atoms with van der Waals surface area (Å²) >= 11 is 1.54. The third-order valence-electron chi connectivity index (χ3n) is 4.79. The number of allylic oxidation sites excluding steroid dienone is 2. The Labute approximate surface area is 161 Å². The second-order valence-electron chi connectivity index (χ2n) is 6.98. The van der Waals surface area contributed by atoms with E-state index >= 15 is 0 Å². The summed E-state index contributed by atoms with van der Waals surface area (Å²) in [6.07, 6.45) is 0. The molecule has 0 aliphatic heterocycles. The number of nitrogens with zero attached hydrogens (tertiary/aromatic N) is 1. The topological polar surface area (TPSA) is 29.4 Å². The lowest BCUT2D eigenvalue weighted by atomic mass is 9.61. The number of hydrogen-bond acceptors (Lipinski definition) is 3. The molecule has 4 heteroatoms. The Morgan fingerprint density at radius 3 is 2.30 bits per heavy atom. The van der Waals surface area contributed by atoms with E-state index in [1.807, 2.05) is 61.7 Å². The van der Waals surface area contributed by atoms with Crippen LogP contribution in [0.15, 0.2) is 82.7 Å². The molecule has 0 N–H and O–H groups in total. The predicted octanol–water partition coefficient (Wildman–Crippen LogP) is 6.07. The van der Waals surface area contributed by atoms with E-state index in [1.165, 1.54) is 23.5 Å². The van der Waals surface area contributed by atoms with E-state index in [2.05, 4.69) is 0 Å². The van der Waals surface area contributed by atoms with Gasteiger partial charge in [0.2, 0.25) is 0 Å². The van der Waals surface area contributed by atoms with E-state index in [9.17, 15) is 9.18 Å². The highest BCUT2D eigenvalue weighted by atomic mass is 32.1. The molecule has 0 saturated carbocycles. The van der Waals surface area contributed by atoms with Crippen LogP contribution in [0.3, 0.4) is 0 Å². The quantitative estimate of drug-likeness (QED) is 0.509. The lowest BCUT2D eigenvalue weighted by molar-refractivity contribution is -0.122. The monoisotopic (exact) mass is 375 g/mol. The standard InChI is InChI=1S/C23H18FNOS/c1-23(2)20(15-7-4-3-5-8-15)19(22(23)26)21(18-9-6-14-27-18)25-17-12-10-16(24)11-13-17/h3-14H,1-2H3. The van der Waals surface area contributed by atoms with Crippen LogP contribution in [0.2, 0.25) is 0 Å². The molecule has 0 atom stereocenters. The van der Waals surface area contributed by atoms with Crippen LogP contribution in [0.25, 0.3) is 5.57 Å². The molecule has 1 aromatic heterocycles. The Hall–Kier alpha value is -2.85. The maximum absolute atomic E-state index is 13.3. The second-order valence-corrected chi connectivity index (χ2v) is 7.93. The molecule has 4 rings (SSSR count). The summed E-state index contributed by atoms with van der Waals surface area (Å²) in [6.45, 7) is 3.90. The number of carbonyl (C=O) groups excluding carboxylic acids is 1. The van der Waals surface area contributed by atoms with Gasteiger partial charge < -0.3 is 0 Å². The molecule has 2 nitrogen and oxygen atoms in total. The van der Waals surface area contributed by atoms with Gasteiger partial charge in [-0.05, 0) is 60.7 Å². The minimum Gasteiger partial charge on any atom is -0.293 e. The average Bonchev–Trinajstić information content (AvgIpc) is 3.21. The van der Waals surface area contributed by atoms with Gasteiger partial charge in [0.25, 0.3) is 0 Å². The molecular weight excluding hydrogens is 357 g/mol. The summed E-state index contributed by atoms with van der Waals surface area (Å²) in [4.78, 5) is 18.7. The molecular formula is C23H18FNOS. The first-order valence-electron chi connectivity index (χ1n) is 8.72. The van der Waals surface area contributed by atoms with E-state index < -0.39 is 5.41 Å².